The van der Waals surface area contributed by atoms with Crippen LogP contribution in [0.15, 0.2) is 46.2 Å². The molecule has 0 N–H and O–H groups in total. The molecule has 158 valence electrons. The highest BCUT2D eigenvalue weighted by Gasteiger charge is 2.32. The zero-order chi connectivity index (χ0) is 20.8. The lowest BCUT2D eigenvalue weighted by Crippen LogP contribution is -2.38. The summed E-state index contributed by atoms with van der Waals surface area (Å²) in [4.78, 5) is 12.5. The van der Waals surface area contributed by atoms with Crippen LogP contribution in [0.3, 0.4) is 0 Å². The number of morpholine rings is 1. The third-order valence-electron chi connectivity index (χ3n) is 5.74. The van der Waals surface area contributed by atoms with Crippen molar-refractivity contribution in [2.24, 2.45) is 0 Å². The molecule has 0 bridgehead atoms. The van der Waals surface area contributed by atoms with Crippen molar-refractivity contribution in [3.05, 3.63) is 41.5 Å². The highest BCUT2D eigenvalue weighted by Crippen LogP contribution is 2.44. The van der Waals surface area contributed by atoms with Gasteiger partial charge >= 0.3 is 0 Å². The van der Waals surface area contributed by atoms with Gasteiger partial charge in [-0.05, 0) is 37.1 Å². The van der Waals surface area contributed by atoms with Gasteiger partial charge in [-0.25, -0.2) is 9.97 Å². The van der Waals surface area contributed by atoms with Crippen LogP contribution in [0.4, 0.5) is 5.95 Å². The van der Waals surface area contributed by atoms with E-state index in [4.69, 9.17) is 4.74 Å². The smallest absolute Gasteiger partial charge is 0.228 e. The highest BCUT2D eigenvalue weighted by molar-refractivity contribution is 7.99. The summed E-state index contributed by atoms with van der Waals surface area (Å²) in [6, 6.07) is 9.11. The molecule has 31 heavy (non-hydrogen) atoms. The van der Waals surface area contributed by atoms with Crippen LogP contribution in [-0.2, 0) is 4.74 Å². The maximum atomic E-state index is 5.52. The number of hydrogen-bond donors (Lipinski definition) is 0. The predicted molar refractivity (Wildman–Crippen MR) is 123 cm³/mol. The van der Waals surface area contributed by atoms with Gasteiger partial charge in [-0.1, -0.05) is 29.8 Å². The van der Waals surface area contributed by atoms with Gasteiger partial charge in [0.15, 0.2) is 5.16 Å². The number of ether oxygens (including phenoxy) is 1. The third kappa shape index (κ3) is 3.60. The Morgan fingerprint density at radius 3 is 2.65 bits per heavy atom. The molecule has 0 atom stereocenters. The van der Waals surface area contributed by atoms with Crippen molar-refractivity contribution in [2.75, 3.05) is 31.2 Å². The van der Waals surface area contributed by atoms with Crippen molar-refractivity contribution < 1.29 is 4.74 Å². The zero-order valence-electron chi connectivity index (χ0n) is 17.2. The minimum atomic E-state index is 0.478. The molecule has 0 spiro atoms. The van der Waals surface area contributed by atoms with Crippen LogP contribution in [0.2, 0.25) is 0 Å². The molecule has 2 fully saturated rings. The fourth-order valence-corrected chi connectivity index (χ4v) is 5.90. The van der Waals surface area contributed by atoms with Gasteiger partial charge in [-0.3, -0.25) is 4.57 Å². The van der Waals surface area contributed by atoms with E-state index in [-0.39, 0.29) is 0 Å². The molecule has 3 aromatic heterocycles. The number of aryl methyl sites for hydroxylation is 1. The first kappa shape index (κ1) is 19.2. The monoisotopic (exact) mass is 450 g/mol. The second-order valence-electron chi connectivity index (χ2n) is 7.96. The number of fused-ring (bicyclic) bond motifs is 1. The Bertz CT molecular complexity index is 1220. The number of nitrogens with zero attached hydrogens (tertiary/aromatic N) is 6. The molecule has 4 aromatic rings. The molecule has 1 aliphatic heterocycles. The summed E-state index contributed by atoms with van der Waals surface area (Å²) in [5.74, 6) is 0.961. The van der Waals surface area contributed by atoms with Crippen LogP contribution in [-0.4, -0.2) is 51.0 Å². The van der Waals surface area contributed by atoms with Crippen molar-refractivity contribution in [3.63, 3.8) is 0 Å². The Kier molecular flexibility index (Phi) is 4.89. The number of aromatic nitrogens is 5. The SMILES string of the molecule is Cc1ccc(-c2csc3ncnc(Sc4nnc(N5CCOCC5)n4C4CC4)c23)cc1. The average Bonchev–Trinajstić information content (AvgIpc) is 3.41. The molecular formula is C22H22N6OS2. The molecular weight excluding hydrogens is 428 g/mol. The second kappa shape index (κ2) is 7.89. The quantitative estimate of drug-likeness (QED) is 0.412. The number of hydrogen-bond acceptors (Lipinski definition) is 8. The molecule has 0 amide bonds. The maximum Gasteiger partial charge on any atom is 0.228 e. The molecule has 0 radical (unpaired) electrons. The normalized spacial score (nSPS) is 16.9. The molecule has 0 unspecified atom stereocenters. The molecule has 1 aromatic carbocycles. The van der Waals surface area contributed by atoms with Gasteiger partial charge < -0.3 is 9.64 Å². The minimum Gasteiger partial charge on any atom is -0.378 e. The molecule has 6 rings (SSSR count). The summed E-state index contributed by atoms with van der Waals surface area (Å²) < 4.78 is 7.83. The van der Waals surface area contributed by atoms with E-state index < -0.39 is 0 Å². The summed E-state index contributed by atoms with van der Waals surface area (Å²) >= 11 is 3.26. The Balaban J connectivity index is 1.41. The Morgan fingerprint density at radius 1 is 1.06 bits per heavy atom. The van der Waals surface area contributed by atoms with E-state index in [0.717, 1.165) is 52.7 Å². The van der Waals surface area contributed by atoms with Crippen LogP contribution in [0.5, 0.6) is 0 Å². The zero-order valence-corrected chi connectivity index (χ0v) is 18.8. The lowest BCUT2D eigenvalue weighted by Gasteiger charge is -2.27. The van der Waals surface area contributed by atoms with Gasteiger partial charge in [0.25, 0.3) is 0 Å². The number of anilines is 1. The molecule has 1 aliphatic carbocycles. The number of rotatable bonds is 5. The van der Waals surface area contributed by atoms with Gasteiger partial charge in [-0.15, -0.1) is 21.5 Å². The molecule has 1 saturated heterocycles. The van der Waals surface area contributed by atoms with E-state index in [1.807, 2.05) is 0 Å². The van der Waals surface area contributed by atoms with Crippen LogP contribution >= 0.6 is 23.1 Å². The fraction of sp³-hybridized carbons (Fsp3) is 0.364. The van der Waals surface area contributed by atoms with Gasteiger partial charge in [0.05, 0.1) is 18.6 Å². The Labute approximate surface area is 188 Å². The van der Waals surface area contributed by atoms with E-state index in [0.29, 0.717) is 6.04 Å². The van der Waals surface area contributed by atoms with Crippen molar-refractivity contribution in [2.45, 2.75) is 36.0 Å². The molecule has 9 heteroatoms. The maximum absolute atomic E-state index is 5.52. The molecule has 4 heterocycles. The van der Waals surface area contributed by atoms with E-state index in [2.05, 4.69) is 66.2 Å². The lowest BCUT2D eigenvalue weighted by atomic mass is 10.1. The van der Waals surface area contributed by atoms with Gasteiger partial charge in [0, 0.05) is 30.1 Å². The summed E-state index contributed by atoms with van der Waals surface area (Å²) in [6.07, 6.45) is 4.01. The predicted octanol–water partition coefficient (Wildman–Crippen LogP) is 4.58. The summed E-state index contributed by atoms with van der Waals surface area (Å²) in [5, 5.41) is 14.3. The van der Waals surface area contributed by atoms with Gasteiger partial charge in [-0.2, -0.15) is 0 Å². The Morgan fingerprint density at radius 2 is 1.87 bits per heavy atom. The number of thiophene rings is 1. The van der Waals surface area contributed by atoms with Crippen molar-refractivity contribution in [1.29, 1.82) is 0 Å². The highest BCUT2D eigenvalue weighted by atomic mass is 32.2. The first-order valence-corrected chi connectivity index (χ1v) is 12.2. The van der Waals surface area contributed by atoms with E-state index in [1.54, 1.807) is 29.4 Å². The van der Waals surface area contributed by atoms with Crippen LogP contribution in [0.1, 0.15) is 24.4 Å². The topological polar surface area (TPSA) is 69.0 Å². The second-order valence-corrected chi connectivity index (χ2v) is 9.77. The van der Waals surface area contributed by atoms with E-state index in [9.17, 15) is 0 Å². The van der Waals surface area contributed by atoms with Crippen molar-refractivity contribution in [1.82, 2.24) is 24.7 Å². The summed E-state index contributed by atoms with van der Waals surface area (Å²) in [7, 11) is 0. The van der Waals surface area contributed by atoms with Crippen LogP contribution in [0, 0.1) is 6.92 Å². The minimum absolute atomic E-state index is 0.478. The van der Waals surface area contributed by atoms with Crippen LogP contribution < -0.4 is 4.90 Å². The molecule has 7 nitrogen and oxygen atoms in total. The van der Waals surface area contributed by atoms with Crippen molar-refractivity contribution in [3.8, 4) is 11.1 Å². The molecule has 2 aliphatic rings. The fourth-order valence-electron chi connectivity index (χ4n) is 3.93. The molecule has 1 saturated carbocycles. The van der Waals surface area contributed by atoms with Gasteiger partial charge in [0.2, 0.25) is 5.95 Å². The largest absolute Gasteiger partial charge is 0.378 e. The standard InChI is InChI=1S/C22H22N6OS2/c1-14-2-4-15(5-3-14)17-12-30-19-18(17)20(24-13-23-19)31-22-26-25-21(28(22)16-6-7-16)27-8-10-29-11-9-27/h2-5,12-13,16H,6-11H2,1H3. The van der Waals surface area contributed by atoms with E-state index >= 15 is 0 Å². The van der Waals surface area contributed by atoms with Gasteiger partial charge in [0.1, 0.15) is 16.2 Å². The van der Waals surface area contributed by atoms with Crippen LogP contribution in [0.25, 0.3) is 21.3 Å². The van der Waals surface area contributed by atoms with Crippen molar-refractivity contribution >= 4 is 39.3 Å². The summed E-state index contributed by atoms with van der Waals surface area (Å²) in [5.41, 5.74) is 3.61. The lowest BCUT2D eigenvalue weighted by molar-refractivity contribution is 0.121. The summed E-state index contributed by atoms with van der Waals surface area (Å²) in [6.45, 7) is 5.30. The Hall–Kier alpha value is -2.49. The first-order chi connectivity index (χ1) is 15.3. The number of benzene rings is 1. The third-order valence-corrected chi connectivity index (χ3v) is 7.59. The van der Waals surface area contributed by atoms with E-state index in [1.165, 1.54) is 29.5 Å². The average molecular weight is 451 g/mol. The first-order valence-electron chi connectivity index (χ1n) is 10.5.